The number of nitriles is 1. The highest BCUT2D eigenvalue weighted by Gasteiger charge is 2.45. The Morgan fingerprint density at radius 3 is 2.67 bits per heavy atom. The molecular formula is C29H30N6O4S3. The number of allylic oxidation sites excluding steroid dienone is 3. The van der Waals surface area contributed by atoms with Crippen LogP contribution in [0.2, 0.25) is 0 Å². The fraction of sp³-hybridized carbons (Fsp3) is 0.345. The van der Waals surface area contributed by atoms with Crippen LogP contribution in [0.5, 0.6) is 11.5 Å². The van der Waals surface area contributed by atoms with Crippen molar-refractivity contribution >= 4 is 56.9 Å². The highest BCUT2D eigenvalue weighted by Crippen LogP contribution is 2.51. The zero-order valence-corrected chi connectivity index (χ0v) is 26.3. The zero-order chi connectivity index (χ0) is 30.2. The molecule has 13 heteroatoms. The van der Waals surface area contributed by atoms with E-state index >= 15 is 0 Å². The molecular weight excluding hydrogens is 593 g/mol. The smallest absolute Gasteiger partial charge is 0.234 e. The Balaban J connectivity index is 1.42. The number of ether oxygens (including phenoxy) is 2. The summed E-state index contributed by atoms with van der Waals surface area (Å²) in [6.45, 7) is 6.10. The van der Waals surface area contributed by atoms with Crippen LogP contribution in [0.1, 0.15) is 42.4 Å². The van der Waals surface area contributed by atoms with Crippen molar-refractivity contribution in [1.29, 1.82) is 5.26 Å². The third kappa shape index (κ3) is 5.74. The number of thiophene rings is 1. The maximum atomic E-state index is 13.6. The molecule has 1 aromatic carbocycles. The van der Waals surface area contributed by atoms with E-state index in [4.69, 9.17) is 15.2 Å². The molecule has 5 rings (SSSR count). The van der Waals surface area contributed by atoms with E-state index in [0.717, 1.165) is 15.5 Å². The first kappa shape index (κ1) is 29.6. The number of nitrogens with one attached hydrogen (secondary N) is 1. The number of nitrogens with two attached hydrogens (primary N) is 1. The predicted octanol–water partition coefficient (Wildman–Crippen LogP) is 5.60. The van der Waals surface area contributed by atoms with Crippen molar-refractivity contribution in [3.8, 4) is 17.6 Å². The van der Waals surface area contributed by atoms with Crippen LogP contribution in [0.4, 0.5) is 10.8 Å². The van der Waals surface area contributed by atoms with Crippen LogP contribution in [0, 0.1) is 23.7 Å². The fourth-order valence-electron chi connectivity index (χ4n) is 5.20. The number of ketones is 1. The minimum atomic E-state index is -0.511. The number of thioether (sulfide) groups is 1. The molecule has 0 spiro atoms. The average Bonchev–Trinajstić information content (AvgIpc) is 3.59. The Bertz CT molecular complexity index is 1670. The van der Waals surface area contributed by atoms with Crippen molar-refractivity contribution in [3.05, 3.63) is 62.8 Å². The van der Waals surface area contributed by atoms with Gasteiger partial charge in [-0.3, -0.25) is 14.5 Å². The number of carbonyl (C=O) groups excluding carboxylic acids is 2. The van der Waals surface area contributed by atoms with Gasteiger partial charge in [0.15, 0.2) is 10.1 Å². The Hall–Kier alpha value is -3.86. The van der Waals surface area contributed by atoms with E-state index in [1.807, 2.05) is 32.9 Å². The molecule has 0 saturated heterocycles. The molecule has 2 aliphatic rings. The highest BCUT2D eigenvalue weighted by molar-refractivity contribution is 8.01. The number of aryl methyl sites for hydroxylation is 1. The quantitative estimate of drug-likeness (QED) is 0.305. The van der Waals surface area contributed by atoms with Crippen LogP contribution in [0.25, 0.3) is 0 Å². The minimum absolute atomic E-state index is 0.00584. The van der Waals surface area contributed by atoms with Crippen molar-refractivity contribution in [2.75, 3.05) is 30.2 Å². The van der Waals surface area contributed by atoms with Crippen LogP contribution in [-0.2, 0) is 9.59 Å². The van der Waals surface area contributed by atoms with Gasteiger partial charge in [-0.25, -0.2) is 0 Å². The van der Waals surface area contributed by atoms with E-state index in [9.17, 15) is 14.9 Å². The van der Waals surface area contributed by atoms with Crippen LogP contribution < -0.4 is 25.4 Å². The van der Waals surface area contributed by atoms with Crippen LogP contribution >= 0.6 is 34.4 Å². The number of amides is 1. The number of hydrogen-bond acceptors (Lipinski definition) is 12. The molecule has 0 radical (unpaired) electrons. The first-order chi connectivity index (χ1) is 20.0. The van der Waals surface area contributed by atoms with Gasteiger partial charge >= 0.3 is 0 Å². The molecule has 0 bridgehead atoms. The lowest BCUT2D eigenvalue weighted by atomic mass is 9.70. The summed E-state index contributed by atoms with van der Waals surface area (Å²) in [5.41, 5.74) is 8.56. The largest absolute Gasteiger partial charge is 0.497 e. The van der Waals surface area contributed by atoms with Gasteiger partial charge in [-0.05, 0) is 43.0 Å². The highest BCUT2D eigenvalue weighted by atomic mass is 32.2. The van der Waals surface area contributed by atoms with Crippen molar-refractivity contribution in [2.45, 2.75) is 43.9 Å². The maximum Gasteiger partial charge on any atom is 0.234 e. The molecule has 1 amide bonds. The molecule has 1 unspecified atom stereocenters. The summed E-state index contributed by atoms with van der Waals surface area (Å²) in [6, 6.07) is 11.4. The number of hydrogen-bond donors (Lipinski definition) is 2. The second-order valence-corrected chi connectivity index (χ2v) is 14.2. The third-order valence-electron chi connectivity index (χ3n) is 7.02. The average molecular weight is 623 g/mol. The van der Waals surface area contributed by atoms with E-state index in [2.05, 4.69) is 21.6 Å². The predicted molar refractivity (Wildman–Crippen MR) is 165 cm³/mol. The number of methoxy groups -OCH3 is 2. The maximum absolute atomic E-state index is 13.6. The number of rotatable bonds is 8. The molecule has 3 heterocycles. The van der Waals surface area contributed by atoms with Gasteiger partial charge in [-0.15, -0.1) is 21.5 Å². The topological polar surface area (TPSA) is 143 Å². The second-order valence-electron chi connectivity index (χ2n) is 10.7. The number of Topliss-reactive ketones (excluding diaryl/α,β-unsaturated/α-hetero) is 1. The lowest BCUT2D eigenvalue weighted by Crippen LogP contribution is -2.42. The second kappa shape index (κ2) is 11.8. The van der Waals surface area contributed by atoms with Gasteiger partial charge in [0.1, 0.15) is 17.3 Å². The number of nitrogens with zero attached hydrogens (tertiary/aromatic N) is 4. The minimum Gasteiger partial charge on any atom is -0.497 e. The molecule has 3 N–H and O–H groups in total. The molecule has 0 saturated carbocycles. The summed E-state index contributed by atoms with van der Waals surface area (Å²) in [7, 11) is 3.08. The van der Waals surface area contributed by atoms with Crippen molar-refractivity contribution in [1.82, 2.24) is 10.2 Å². The zero-order valence-electron chi connectivity index (χ0n) is 23.8. The van der Waals surface area contributed by atoms with Gasteiger partial charge < -0.3 is 20.5 Å². The molecule has 2 aromatic heterocycles. The number of aromatic nitrogens is 2. The summed E-state index contributed by atoms with van der Waals surface area (Å²) in [5, 5.41) is 22.2. The molecule has 1 aliphatic carbocycles. The molecule has 10 nitrogen and oxygen atoms in total. The van der Waals surface area contributed by atoms with Crippen LogP contribution in [0.15, 0.2) is 57.3 Å². The van der Waals surface area contributed by atoms with Crippen molar-refractivity contribution in [2.24, 2.45) is 11.1 Å². The van der Waals surface area contributed by atoms with Crippen molar-refractivity contribution in [3.63, 3.8) is 0 Å². The van der Waals surface area contributed by atoms with Crippen LogP contribution in [-0.4, -0.2) is 41.9 Å². The van der Waals surface area contributed by atoms with Gasteiger partial charge in [0, 0.05) is 33.5 Å². The first-order valence-corrected chi connectivity index (χ1v) is 15.7. The summed E-state index contributed by atoms with van der Waals surface area (Å²) >= 11 is 4.04. The van der Waals surface area contributed by atoms with E-state index in [1.165, 1.54) is 30.2 Å². The van der Waals surface area contributed by atoms with Gasteiger partial charge in [-0.1, -0.05) is 36.9 Å². The third-order valence-corrected chi connectivity index (χ3v) is 10.1. The summed E-state index contributed by atoms with van der Waals surface area (Å²) < 4.78 is 11.1. The van der Waals surface area contributed by atoms with E-state index in [0.29, 0.717) is 50.6 Å². The number of benzene rings is 1. The summed E-state index contributed by atoms with van der Waals surface area (Å²) in [5.74, 6) is 0.653. The number of anilines is 2. The first-order valence-electron chi connectivity index (χ1n) is 13.1. The lowest BCUT2D eigenvalue weighted by molar-refractivity contribution is -0.118. The van der Waals surface area contributed by atoms with E-state index < -0.39 is 5.92 Å². The standard InChI is InChI=1S/C29H30N6O4S3/c1-15-6-9-22(41-15)24-17(13-30)26(31)35(19-11-29(2,3)12-20(36)25(19)24)27-33-34-28(42-27)40-14-23(37)32-18-10-16(38-4)7-8-21(18)39-5/h6-10,24H,11-12,14,31H2,1-5H3,(H,32,37). The summed E-state index contributed by atoms with van der Waals surface area (Å²) in [6.07, 6.45) is 0.963. The number of carbonyl (C=O) groups is 2. The molecule has 1 aliphatic heterocycles. The Morgan fingerprint density at radius 2 is 2.00 bits per heavy atom. The SMILES string of the molecule is COc1ccc(OC)c(NC(=O)CSc2nnc(N3C(N)=C(C#N)C(c4ccc(C)s4)C4=C3CC(C)(C)CC4=O)s2)c1. The van der Waals surface area contributed by atoms with Crippen molar-refractivity contribution < 1.29 is 19.1 Å². The van der Waals surface area contributed by atoms with Gasteiger partial charge in [0.2, 0.25) is 11.0 Å². The molecule has 218 valence electrons. The molecule has 3 aromatic rings. The Morgan fingerprint density at radius 1 is 1.21 bits per heavy atom. The van der Waals surface area contributed by atoms with Crippen LogP contribution in [0.3, 0.4) is 0 Å². The van der Waals surface area contributed by atoms with E-state index in [1.54, 1.807) is 41.5 Å². The van der Waals surface area contributed by atoms with Gasteiger partial charge in [-0.2, -0.15) is 5.26 Å². The normalized spacial score (nSPS) is 18.0. The fourth-order valence-corrected chi connectivity index (χ4v) is 7.88. The summed E-state index contributed by atoms with van der Waals surface area (Å²) in [4.78, 5) is 30.1. The molecule has 1 atom stereocenters. The Kier molecular flexibility index (Phi) is 8.32. The van der Waals surface area contributed by atoms with Gasteiger partial charge in [0.05, 0.1) is 43.2 Å². The Labute approximate surface area is 256 Å². The lowest BCUT2D eigenvalue weighted by Gasteiger charge is -2.42. The van der Waals surface area contributed by atoms with Gasteiger partial charge in [0.25, 0.3) is 0 Å². The molecule has 42 heavy (non-hydrogen) atoms. The van der Waals surface area contributed by atoms with E-state index in [-0.39, 0.29) is 28.7 Å². The monoisotopic (exact) mass is 622 g/mol. The molecule has 0 fully saturated rings.